The Hall–Kier alpha value is -2.68. The quantitative estimate of drug-likeness (QED) is 0.705. The minimum absolute atomic E-state index is 0.0561. The number of carbonyl (C=O) groups is 1. The van der Waals surface area contributed by atoms with E-state index >= 15 is 0 Å². The molecule has 3 heterocycles. The first-order valence-electron chi connectivity index (χ1n) is 10.9. The van der Waals surface area contributed by atoms with E-state index in [2.05, 4.69) is 4.98 Å². The molecule has 2 aliphatic rings. The van der Waals surface area contributed by atoms with Gasteiger partial charge in [0, 0.05) is 51.5 Å². The van der Waals surface area contributed by atoms with Crippen LogP contribution in [0.25, 0.3) is 11.1 Å². The third-order valence-electron chi connectivity index (χ3n) is 6.13. The predicted molar refractivity (Wildman–Crippen MR) is 114 cm³/mol. The van der Waals surface area contributed by atoms with Crippen LogP contribution in [-0.4, -0.2) is 60.7 Å². The Labute approximate surface area is 185 Å². The number of ether oxygens (including phenoxy) is 1. The minimum Gasteiger partial charge on any atom is -0.368 e. The Bertz CT molecular complexity index is 949. The number of anilines is 1. The number of alkyl halides is 3. The first kappa shape index (κ1) is 22.5. The van der Waals surface area contributed by atoms with Crippen molar-refractivity contribution in [3.63, 3.8) is 0 Å². The Morgan fingerprint density at radius 1 is 1.12 bits per heavy atom. The van der Waals surface area contributed by atoms with E-state index in [0.29, 0.717) is 31.2 Å². The average Bonchev–Trinajstić information content (AvgIpc) is 3.33. The number of carbonyl (C=O) groups excluding carboxylic acids is 1. The average molecular weight is 448 g/mol. The monoisotopic (exact) mass is 448 g/mol. The summed E-state index contributed by atoms with van der Waals surface area (Å²) in [6.45, 7) is 1.85. The summed E-state index contributed by atoms with van der Waals surface area (Å²) in [5.74, 6) is 0.691. The molecule has 6 nitrogen and oxygen atoms in total. The van der Waals surface area contributed by atoms with Crippen LogP contribution in [0.3, 0.4) is 0 Å². The molecule has 0 N–H and O–H groups in total. The number of hydrogen-bond donors (Lipinski definition) is 0. The maximum Gasteiger partial charge on any atom is 0.416 e. The second kappa shape index (κ2) is 9.05. The zero-order valence-corrected chi connectivity index (χ0v) is 18.2. The maximum absolute atomic E-state index is 13.0. The molecule has 2 fully saturated rings. The predicted octanol–water partition coefficient (Wildman–Crippen LogP) is 4.11. The topological polar surface area (TPSA) is 58.6 Å². The molecule has 32 heavy (non-hydrogen) atoms. The molecule has 4 rings (SSSR count). The molecule has 9 heteroatoms. The first-order valence-corrected chi connectivity index (χ1v) is 10.9. The lowest BCUT2D eigenvalue weighted by atomic mass is 9.88. The van der Waals surface area contributed by atoms with Crippen molar-refractivity contribution in [3.05, 3.63) is 41.7 Å². The van der Waals surface area contributed by atoms with Crippen LogP contribution in [0.2, 0.25) is 0 Å². The molecule has 172 valence electrons. The van der Waals surface area contributed by atoms with Crippen molar-refractivity contribution >= 4 is 11.9 Å². The third kappa shape index (κ3) is 4.72. The third-order valence-corrected chi connectivity index (χ3v) is 6.13. The van der Waals surface area contributed by atoms with Crippen molar-refractivity contribution in [1.29, 1.82) is 0 Å². The lowest BCUT2D eigenvalue weighted by Crippen LogP contribution is -2.43. The van der Waals surface area contributed by atoms with Gasteiger partial charge < -0.3 is 14.5 Å². The zero-order chi connectivity index (χ0) is 22.9. The van der Waals surface area contributed by atoms with Crippen LogP contribution in [-0.2, 0) is 15.7 Å². The second-order valence-corrected chi connectivity index (χ2v) is 8.54. The van der Waals surface area contributed by atoms with Crippen LogP contribution in [0.1, 0.15) is 42.9 Å². The van der Waals surface area contributed by atoms with E-state index in [1.807, 2.05) is 19.0 Å². The highest BCUT2D eigenvalue weighted by molar-refractivity contribution is 5.81. The van der Waals surface area contributed by atoms with E-state index < -0.39 is 11.7 Å². The van der Waals surface area contributed by atoms with Gasteiger partial charge in [-0.05, 0) is 43.4 Å². The number of likely N-dealkylation sites (tertiary alicyclic amines) is 1. The lowest BCUT2D eigenvalue weighted by Gasteiger charge is -2.34. The van der Waals surface area contributed by atoms with Crippen LogP contribution in [0.5, 0.6) is 0 Å². The first-order chi connectivity index (χ1) is 15.2. The number of piperidine rings is 1. The van der Waals surface area contributed by atoms with Crippen LogP contribution in [0.4, 0.5) is 19.1 Å². The smallest absolute Gasteiger partial charge is 0.368 e. The molecule has 2 aliphatic heterocycles. The van der Waals surface area contributed by atoms with Gasteiger partial charge in [0.25, 0.3) is 5.91 Å². The lowest BCUT2D eigenvalue weighted by molar-refractivity contribution is -0.142. The van der Waals surface area contributed by atoms with Gasteiger partial charge in [-0.1, -0.05) is 12.1 Å². The molecule has 1 aromatic heterocycles. The fraction of sp³-hybridized carbons (Fsp3) is 0.522. The van der Waals surface area contributed by atoms with Gasteiger partial charge >= 0.3 is 6.18 Å². The summed E-state index contributed by atoms with van der Waals surface area (Å²) in [6, 6.07) is 5.11. The van der Waals surface area contributed by atoms with Crippen LogP contribution in [0, 0.1) is 0 Å². The van der Waals surface area contributed by atoms with Crippen molar-refractivity contribution in [2.75, 3.05) is 38.7 Å². The minimum atomic E-state index is -4.38. The molecule has 0 bridgehead atoms. The molecule has 0 spiro atoms. The number of aromatic nitrogens is 2. The van der Waals surface area contributed by atoms with Crippen molar-refractivity contribution in [3.8, 4) is 11.1 Å². The largest absolute Gasteiger partial charge is 0.416 e. The van der Waals surface area contributed by atoms with Gasteiger partial charge in [-0.2, -0.15) is 13.2 Å². The van der Waals surface area contributed by atoms with E-state index in [9.17, 15) is 18.0 Å². The SMILES string of the molecule is CN(C)c1ncc(-c2ccc(C(F)(F)F)cc2)c(C2CCN(C(=O)[C@H]3CCCO3)CC2)n1. The molecule has 1 amide bonds. The molecule has 0 radical (unpaired) electrons. The van der Waals surface area contributed by atoms with Gasteiger partial charge in [0.2, 0.25) is 5.95 Å². The van der Waals surface area contributed by atoms with Crippen molar-refractivity contribution in [1.82, 2.24) is 14.9 Å². The molecular formula is C23H27F3N4O2. The summed E-state index contributed by atoms with van der Waals surface area (Å²) in [5.41, 5.74) is 1.51. The van der Waals surface area contributed by atoms with Gasteiger partial charge in [0.1, 0.15) is 6.10 Å². The van der Waals surface area contributed by atoms with Crippen molar-refractivity contribution in [2.24, 2.45) is 0 Å². The molecule has 0 saturated carbocycles. The Morgan fingerprint density at radius 3 is 2.38 bits per heavy atom. The summed E-state index contributed by atoms with van der Waals surface area (Å²) in [6.07, 6.45) is 0.131. The fourth-order valence-electron chi connectivity index (χ4n) is 4.32. The normalized spacial score (nSPS) is 19.9. The summed E-state index contributed by atoms with van der Waals surface area (Å²) in [4.78, 5) is 25.5. The van der Waals surface area contributed by atoms with E-state index in [1.54, 1.807) is 11.1 Å². The molecule has 0 unspecified atom stereocenters. The second-order valence-electron chi connectivity index (χ2n) is 8.54. The van der Waals surface area contributed by atoms with Gasteiger partial charge in [0.15, 0.2) is 0 Å². The van der Waals surface area contributed by atoms with E-state index in [1.165, 1.54) is 12.1 Å². The number of halogens is 3. The van der Waals surface area contributed by atoms with Crippen LogP contribution in [0.15, 0.2) is 30.5 Å². The maximum atomic E-state index is 13.0. The van der Waals surface area contributed by atoms with E-state index in [4.69, 9.17) is 9.72 Å². The summed E-state index contributed by atoms with van der Waals surface area (Å²) >= 11 is 0. The Balaban J connectivity index is 1.57. The fourth-order valence-corrected chi connectivity index (χ4v) is 4.32. The van der Waals surface area contributed by atoms with Crippen molar-refractivity contribution < 1.29 is 22.7 Å². The molecule has 2 saturated heterocycles. The number of nitrogens with zero attached hydrogens (tertiary/aromatic N) is 4. The molecule has 2 aromatic rings. The van der Waals surface area contributed by atoms with Crippen LogP contribution >= 0.6 is 0 Å². The summed E-state index contributed by atoms with van der Waals surface area (Å²) in [7, 11) is 3.69. The Kier molecular flexibility index (Phi) is 6.37. The number of amides is 1. The highest BCUT2D eigenvalue weighted by Gasteiger charge is 2.33. The van der Waals surface area contributed by atoms with Gasteiger partial charge in [-0.15, -0.1) is 0 Å². The van der Waals surface area contributed by atoms with Crippen LogP contribution < -0.4 is 4.90 Å². The number of rotatable bonds is 4. The molecular weight excluding hydrogens is 421 g/mol. The summed E-state index contributed by atoms with van der Waals surface area (Å²) in [5, 5.41) is 0. The molecule has 1 aromatic carbocycles. The van der Waals surface area contributed by atoms with Gasteiger partial charge in [-0.3, -0.25) is 4.79 Å². The van der Waals surface area contributed by atoms with Crippen molar-refractivity contribution in [2.45, 2.75) is 43.9 Å². The van der Waals surface area contributed by atoms with Gasteiger partial charge in [-0.25, -0.2) is 9.97 Å². The molecule has 0 aliphatic carbocycles. The Morgan fingerprint density at radius 2 is 1.81 bits per heavy atom. The van der Waals surface area contributed by atoms with E-state index in [0.717, 1.165) is 49.1 Å². The molecule has 1 atom stereocenters. The van der Waals surface area contributed by atoms with Gasteiger partial charge in [0.05, 0.1) is 11.3 Å². The number of benzene rings is 1. The van der Waals surface area contributed by atoms with E-state index in [-0.39, 0.29) is 17.9 Å². The summed E-state index contributed by atoms with van der Waals surface area (Å²) < 4.78 is 44.5. The highest BCUT2D eigenvalue weighted by atomic mass is 19.4. The zero-order valence-electron chi connectivity index (χ0n) is 18.2. The standard InChI is InChI=1S/C23H27F3N4O2/c1-29(2)22-27-14-18(15-5-7-17(8-6-15)23(24,25)26)20(28-22)16-9-11-30(12-10-16)21(31)19-4-3-13-32-19/h5-8,14,16,19H,3-4,9-13H2,1-2H3/t19-/m1/s1. The number of hydrogen-bond acceptors (Lipinski definition) is 5. The highest BCUT2D eigenvalue weighted by Crippen LogP contribution is 2.36.